The van der Waals surface area contributed by atoms with Crippen molar-refractivity contribution in [2.45, 2.75) is 71.6 Å². The van der Waals surface area contributed by atoms with E-state index >= 15 is 0 Å². The molecule has 1 heterocycles. The Morgan fingerprint density at radius 2 is 1.73 bits per heavy atom. The number of piperidine rings is 1. The zero-order valence-corrected chi connectivity index (χ0v) is 16.7. The summed E-state index contributed by atoms with van der Waals surface area (Å²) in [6.45, 7) is 10.3. The lowest BCUT2D eigenvalue weighted by molar-refractivity contribution is -0.143. The van der Waals surface area contributed by atoms with Crippen LogP contribution >= 0.6 is 0 Å². The predicted octanol–water partition coefficient (Wildman–Crippen LogP) is 2.70. The zero-order valence-electron chi connectivity index (χ0n) is 16.7. The molecule has 0 radical (unpaired) electrons. The molecule has 1 aliphatic rings. The Labute approximate surface area is 155 Å². The maximum Gasteiger partial charge on any atom is 0.410 e. The quantitative estimate of drug-likeness (QED) is 0.589. The summed E-state index contributed by atoms with van der Waals surface area (Å²) in [5, 5.41) is 2.57. The van der Waals surface area contributed by atoms with Crippen LogP contribution in [0.2, 0.25) is 0 Å². The van der Waals surface area contributed by atoms with Crippen LogP contribution in [-0.4, -0.2) is 61.0 Å². The third kappa shape index (κ3) is 7.93. The largest absolute Gasteiger partial charge is 0.467 e. The first kappa shape index (κ1) is 22.1. The number of methoxy groups -OCH3 is 1. The smallest absolute Gasteiger partial charge is 0.410 e. The van der Waals surface area contributed by atoms with E-state index in [9.17, 15) is 14.4 Å². The molecule has 8 nitrogen and oxygen atoms in total. The molecular weight excluding hydrogens is 340 g/mol. The molecule has 2 amide bonds. The highest BCUT2D eigenvalue weighted by Gasteiger charge is 2.30. The first-order chi connectivity index (χ1) is 12.0. The van der Waals surface area contributed by atoms with Gasteiger partial charge in [-0.1, -0.05) is 13.8 Å². The van der Waals surface area contributed by atoms with Crippen molar-refractivity contribution >= 4 is 18.2 Å². The van der Waals surface area contributed by atoms with Crippen molar-refractivity contribution in [3.8, 4) is 0 Å². The molecule has 0 aromatic heterocycles. The topological polar surface area (TPSA) is 94.2 Å². The summed E-state index contributed by atoms with van der Waals surface area (Å²) in [7, 11) is 1.29. The van der Waals surface area contributed by atoms with Crippen molar-refractivity contribution < 1.29 is 28.6 Å². The van der Waals surface area contributed by atoms with Gasteiger partial charge >= 0.3 is 18.2 Å². The van der Waals surface area contributed by atoms with Gasteiger partial charge < -0.3 is 24.4 Å². The summed E-state index contributed by atoms with van der Waals surface area (Å²) in [6.07, 6.45) is 0.226. The summed E-state index contributed by atoms with van der Waals surface area (Å²) in [5.74, 6) is -0.271. The van der Waals surface area contributed by atoms with Gasteiger partial charge in [-0.3, -0.25) is 0 Å². The number of hydrogen-bond donors (Lipinski definition) is 1. The summed E-state index contributed by atoms with van der Waals surface area (Å²) in [4.78, 5) is 37.5. The number of nitrogens with zero attached hydrogens (tertiary/aromatic N) is 1. The molecule has 0 spiro atoms. The van der Waals surface area contributed by atoms with Crippen LogP contribution in [0.5, 0.6) is 0 Å². The molecule has 0 aromatic carbocycles. The molecule has 1 saturated heterocycles. The number of likely N-dealkylation sites (tertiary alicyclic amines) is 1. The van der Waals surface area contributed by atoms with Crippen LogP contribution in [0.15, 0.2) is 0 Å². The number of carbonyl (C=O) groups excluding carboxylic acids is 3. The predicted molar refractivity (Wildman–Crippen MR) is 95.7 cm³/mol. The molecule has 1 rings (SSSR count). The minimum absolute atomic E-state index is 0.219. The van der Waals surface area contributed by atoms with Crippen molar-refractivity contribution in [2.75, 3.05) is 20.2 Å². The second-order valence-corrected chi connectivity index (χ2v) is 7.92. The summed E-state index contributed by atoms with van der Waals surface area (Å²) >= 11 is 0. The molecule has 1 fully saturated rings. The van der Waals surface area contributed by atoms with E-state index in [0.29, 0.717) is 32.4 Å². The van der Waals surface area contributed by atoms with Gasteiger partial charge in [-0.2, -0.15) is 0 Å². The zero-order chi connectivity index (χ0) is 19.9. The average molecular weight is 372 g/mol. The lowest BCUT2D eigenvalue weighted by Crippen LogP contribution is -2.46. The Morgan fingerprint density at radius 1 is 1.15 bits per heavy atom. The van der Waals surface area contributed by atoms with Crippen molar-refractivity contribution in [1.29, 1.82) is 0 Å². The SMILES string of the molecule is COC(=O)C(CC(C)C)NC(=O)OC1CCN(C(=O)OC(C)(C)C)CC1. The molecule has 1 atom stereocenters. The first-order valence-electron chi connectivity index (χ1n) is 9.04. The Kier molecular flexibility index (Phi) is 8.17. The molecular formula is C18H32N2O6. The van der Waals surface area contributed by atoms with Gasteiger partial charge in [0.05, 0.1) is 7.11 Å². The van der Waals surface area contributed by atoms with Gasteiger partial charge in [-0.05, 0) is 33.1 Å². The van der Waals surface area contributed by atoms with E-state index in [2.05, 4.69) is 5.32 Å². The molecule has 1 N–H and O–H groups in total. The lowest BCUT2D eigenvalue weighted by Gasteiger charge is -2.33. The summed E-state index contributed by atoms with van der Waals surface area (Å²) in [5.41, 5.74) is -0.538. The minimum atomic E-state index is -0.727. The van der Waals surface area contributed by atoms with Crippen LogP contribution in [-0.2, 0) is 19.0 Å². The Hall–Kier alpha value is -1.99. The van der Waals surface area contributed by atoms with E-state index in [1.807, 2.05) is 34.6 Å². The Morgan fingerprint density at radius 3 is 2.19 bits per heavy atom. The van der Waals surface area contributed by atoms with Gasteiger partial charge in [0, 0.05) is 25.9 Å². The van der Waals surface area contributed by atoms with Crippen LogP contribution in [0, 0.1) is 5.92 Å². The van der Waals surface area contributed by atoms with E-state index in [-0.39, 0.29) is 18.1 Å². The Balaban J connectivity index is 2.45. The molecule has 0 aromatic rings. The molecule has 1 unspecified atom stereocenters. The van der Waals surface area contributed by atoms with Crippen molar-refractivity contribution in [3.63, 3.8) is 0 Å². The molecule has 0 aliphatic carbocycles. The van der Waals surface area contributed by atoms with Gasteiger partial charge in [0.1, 0.15) is 17.7 Å². The van der Waals surface area contributed by atoms with Gasteiger partial charge in [0.25, 0.3) is 0 Å². The van der Waals surface area contributed by atoms with Gasteiger partial charge in [-0.15, -0.1) is 0 Å². The second-order valence-electron chi connectivity index (χ2n) is 7.92. The third-order valence-corrected chi connectivity index (χ3v) is 3.85. The van der Waals surface area contributed by atoms with Crippen molar-refractivity contribution in [1.82, 2.24) is 10.2 Å². The van der Waals surface area contributed by atoms with E-state index in [4.69, 9.17) is 14.2 Å². The maximum atomic E-state index is 12.1. The number of rotatable bonds is 5. The fraction of sp³-hybridized carbons (Fsp3) is 0.833. The molecule has 0 bridgehead atoms. The monoisotopic (exact) mass is 372 g/mol. The second kappa shape index (κ2) is 9.64. The van der Waals surface area contributed by atoms with Crippen molar-refractivity contribution in [3.05, 3.63) is 0 Å². The fourth-order valence-corrected chi connectivity index (χ4v) is 2.64. The van der Waals surface area contributed by atoms with E-state index in [0.717, 1.165) is 0 Å². The molecule has 26 heavy (non-hydrogen) atoms. The van der Waals surface area contributed by atoms with E-state index in [1.165, 1.54) is 7.11 Å². The Bertz CT molecular complexity index is 492. The first-order valence-corrected chi connectivity index (χ1v) is 9.04. The highest BCUT2D eigenvalue weighted by Crippen LogP contribution is 2.17. The summed E-state index contributed by atoms with van der Waals surface area (Å²) < 4.78 is 15.4. The molecule has 0 saturated carbocycles. The van der Waals surface area contributed by atoms with Crippen LogP contribution in [0.1, 0.15) is 53.9 Å². The van der Waals surface area contributed by atoms with Crippen molar-refractivity contribution in [2.24, 2.45) is 5.92 Å². The van der Waals surface area contributed by atoms with Gasteiger partial charge in [-0.25, -0.2) is 14.4 Å². The highest BCUT2D eigenvalue weighted by atomic mass is 16.6. The molecule has 1 aliphatic heterocycles. The normalized spacial score (nSPS) is 16.8. The number of hydrogen-bond acceptors (Lipinski definition) is 6. The fourth-order valence-electron chi connectivity index (χ4n) is 2.64. The maximum absolute atomic E-state index is 12.1. The third-order valence-electron chi connectivity index (χ3n) is 3.85. The lowest BCUT2D eigenvalue weighted by atomic mass is 10.0. The molecule has 150 valence electrons. The van der Waals surface area contributed by atoms with Crippen LogP contribution < -0.4 is 5.32 Å². The number of alkyl carbamates (subject to hydrolysis) is 1. The number of nitrogens with one attached hydrogen (secondary N) is 1. The average Bonchev–Trinajstić information content (AvgIpc) is 2.52. The van der Waals surface area contributed by atoms with Gasteiger partial charge in [0.15, 0.2) is 0 Å². The molecule has 8 heteroatoms. The minimum Gasteiger partial charge on any atom is -0.467 e. The van der Waals surface area contributed by atoms with E-state index < -0.39 is 23.7 Å². The number of esters is 1. The number of ether oxygens (including phenoxy) is 3. The van der Waals surface area contributed by atoms with Crippen LogP contribution in [0.3, 0.4) is 0 Å². The number of carbonyl (C=O) groups is 3. The van der Waals surface area contributed by atoms with Crippen LogP contribution in [0.25, 0.3) is 0 Å². The highest BCUT2D eigenvalue weighted by molar-refractivity contribution is 5.81. The van der Waals surface area contributed by atoms with E-state index in [1.54, 1.807) is 4.90 Å². The summed E-state index contributed by atoms with van der Waals surface area (Å²) in [6, 6.07) is -0.727. The number of amides is 2. The van der Waals surface area contributed by atoms with Crippen LogP contribution in [0.4, 0.5) is 9.59 Å². The van der Waals surface area contributed by atoms with Gasteiger partial charge in [0.2, 0.25) is 0 Å². The standard InChI is InChI=1S/C18H32N2O6/c1-12(2)11-14(15(21)24-6)19-16(22)25-13-7-9-20(10-8-13)17(23)26-18(3,4)5/h12-14H,7-11H2,1-6H3,(H,19,22).